The molecular formula is C15H27N. The van der Waals surface area contributed by atoms with Crippen LogP contribution in [0.15, 0.2) is 0 Å². The van der Waals surface area contributed by atoms with Crippen LogP contribution < -0.4 is 0 Å². The van der Waals surface area contributed by atoms with Gasteiger partial charge in [0.1, 0.15) is 0 Å². The van der Waals surface area contributed by atoms with E-state index in [1.807, 2.05) is 0 Å². The maximum absolute atomic E-state index is 2.35. The summed E-state index contributed by atoms with van der Waals surface area (Å²) in [4.78, 5) is 2.35. The van der Waals surface area contributed by atoms with Gasteiger partial charge >= 0.3 is 0 Å². The van der Waals surface area contributed by atoms with Crippen molar-refractivity contribution in [3.05, 3.63) is 0 Å². The van der Waals surface area contributed by atoms with E-state index in [-0.39, 0.29) is 0 Å². The maximum atomic E-state index is 2.35. The lowest BCUT2D eigenvalue weighted by Crippen LogP contribution is -2.46. The molecule has 4 aliphatic carbocycles. The van der Waals surface area contributed by atoms with E-state index in [0.29, 0.717) is 0 Å². The summed E-state index contributed by atoms with van der Waals surface area (Å²) >= 11 is 0. The molecule has 0 atom stereocenters. The minimum absolute atomic E-state index is 0.810. The average molecular weight is 221 g/mol. The molecule has 4 fully saturated rings. The minimum atomic E-state index is 0.810. The van der Waals surface area contributed by atoms with Crippen molar-refractivity contribution >= 4 is 0 Å². The molecule has 92 valence electrons. The van der Waals surface area contributed by atoms with Gasteiger partial charge in [-0.3, -0.25) is 0 Å². The van der Waals surface area contributed by atoms with Crippen molar-refractivity contribution in [2.24, 2.45) is 23.2 Å². The third-order valence-electron chi connectivity index (χ3n) is 5.48. The van der Waals surface area contributed by atoms with E-state index in [0.717, 1.165) is 23.2 Å². The van der Waals surface area contributed by atoms with Crippen LogP contribution >= 0.6 is 0 Å². The molecule has 16 heavy (non-hydrogen) atoms. The van der Waals surface area contributed by atoms with Gasteiger partial charge in [0.15, 0.2) is 0 Å². The van der Waals surface area contributed by atoms with Crippen LogP contribution in [-0.4, -0.2) is 25.5 Å². The zero-order chi connectivity index (χ0) is 11.2. The van der Waals surface area contributed by atoms with E-state index in [1.165, 1.54) is 19.4 Å². The highest BCUT2D eigenvalue weighted by Crippen LogP contribution is 2.61. The third kappa shape index (κ3) is 2.03. The van der Waals surface area contributed by atoms with Gasteiger partial charge in [-0.25, -0.2) is 0 Å². The quantitative estimate of drug-likeness (QED) is 0.702. The largest absolute Gasteiger partial charge is 0.309 e. The normalized spacial score (nSPS) is 45.6. The van der Waals surface area contributed by atoms with Crippen molar-refractivity contribution in [1.29, 1.82) is 0 Å². The molecule has 0 aromatic rings. The first kappa shape index (κ1) is 11.1. The fourth-order valence-electron chi connectivity index (χ4n) is 5.37. The van der Waals surface area contributed by atoms with Gasteiger partial charge in [-0.05, 0) is 95.2 Å². The number of hydrogen-bond acceptors (Lipinski definition) is 1. The van der Waals surface area contributed by atoms with E-state index in [4.69, 9.17) is 0 Å². The Morgan fingerprint density at radius 1 is 0.938 bits per heavy atom. The van der Waals surface area contributed by atoms with Crippen LogP contribution in [0.4, 0.5) is 0 Å². The summed E-state index contributed by atoms with van der Waals surface area (Å²) in [5.74, 6) is 3.39. The standard InChI is InChI=1S/C15H27N/c1-16(2)5-3-4-15-9-12-6-13(10-15)8-14(7-12)11-15/h12-14H,3-11H2,1-2H3. The van der Waals surface area contributed by atoms with Gasteiger partial charge < -0.3 is 4.90 Å². The molecule has 0 aromatic heterocycles. The molecule has 4 rings (SSSR count). The Morgan fingerprint density at radius 3 is 1.88 bits per heavy atom. The van der Waals surface area contributed by atoms with Crippen LogP contribution in [0, 0.1) is 23.2 Å². The van der Waals surface area contributed by atoms with E-state index in [2.05, 4.69) is 19.0 Å². The number of rotatable bonds is 4. The Bertz CT molecular complexity index is 221. The first-order valence-corrected chi connectivity index (χ1v) is 7.30. The van der Waals surface area contributed by atoms with Crippen LogP contribution in [-0.2, 0) is 0 Å². The second-order valence-corrected chi connectivity index (χ2v) is 7.32. The zero-order valence-corrected chi connectivity index (χ0v) is 11.0. The predicted molar refractivity (Wildman–Crippen MR) is 68.4 cm³/mol. The highest BCUT2D eigenvalue weighted by atomic mass is 15.0. The summed E-state index contributed by atoms with van der Waals surface area (Å²) in [6.07, 6.45) is 12.5. The molecule has 0 unspecified atom stereocenters. The molecule has 0 amide bonds. The summed E-state index contributed by atoms with van der Waals surface area (Å²) in [5, 5.41) is 0. The minimum Gasteiger partial charge on any atom is -0.309 e. The molecule has 0 aromatic carbocycles. The molecule has 1 heteroatoms. The Hall–Kier alpha value is -0.0400. The molecule has 0 heterocycles. The topological polar surface area (TPSA) is 3.24 Å². The highest BCUT2D eigenvalue weighted by molar-refractivity contribution is 5.01. The zero-order valence-electron chi connectivity index (χ0n) is 11.0. The van der Waals surface area contributed by atoms with Gasteiger partial charge in [0.2, 0.25) is 0 Å². The van der Waals surface area contributed by atoms with Crippen molar-refractivity contribution in [2.75, 3.05) is 20.6 Å². The first-order chi connectivity index (χ1) is 7.65. The molecule has 0 aliphatic heterocycles. The van der Waals surface area contributed by atoms with Crippen LogP contribution in [0.25, 0.3) is 0 Å². The van der Waals surface area contributed by atoms with Crippen LogP contribution in [0.5, 0.6) is 0 Å². The lowest BCUT2D eigenvalue weighted by molar-refractivity contribution is -0.0586. The van der Waals surface area contributed by atoms with Crippen LogP contribution in [0.2, 0.25) is 0 Å². The molecular weight excluding hydrogens is 194 g/mol. The lowest BCUT2D eigenvalue weighted by atomic mass is 9.48. The van der Waals surface area contributed by atoms with Gasteiger partial charge in [0, 0.05) is 0 Å². The number of nitrogens with zero attached hydrogens (tertiary/aromatic N) is 1. The Morgan fingerprint density at radius 2 is 1.44 bits per heavy atom. The molecule has 1 nitrogen and oxygen atoms in total. The van der Waals surface area contributed by atoms with E-state index >= 15 is 0 Å². The monoisotopic (exact) mass is 221 g/mol. The Labute approximate surface area is 101 Å². The predicted octanol–water partition coefficient (Wildman–Crippen LogP) is 3.54. The molecule has 0 N–H and O–H groups in total. The molecule has 4 bridgehead atoms. The summed E-state index contributed by atoms with van der Waals surface area (Å²) in [6.45, 7) is 1.29. The molecule has 4 saturated carbocycles. The first-order valence-electron chi connectivity index (χ1n) is 7.30. The van der Waals surface area contributed by atoms with Crippen molar-refractivity contribution in [2.45, 2.75) is 51.4 Å². The summed E-state index contributed by atoms with van der Waals surface area (Å²) < 4.78 is 0. The molecule has 0 radical (unpaired) electrons. The van der Waals surface area contributed by atoms with E-state index in [1.54, 1.807) is 38.5 Å². The smallest absolute Gasteiger partial charge is 0.00246 e. The van der Waals surface area contributed by atoms with Crippen LogP contribution in [0.3, 0.4) is 0 Å². The summed E-state index contributed by atoms with van der Waals surface area (Å²) in [7, 11) is 4.42. The van der Waals surface area contributed by atoms with Crippen molar-refractivity contribution < 1.29 is 0 Å². The lowest BCUT2D eigenvalue weighted by Gasteiger charge is -2.57. The average Bonchev–Trinajstić information content (AvgIpc) is 2.13. The van der Waals surface area contributed by atoms with Crippen molar-refractivity contribution in [3.8, 4) is 0 Å². The van der Waals surface area contributed by atoms with Gasteiger partial charge in [0.05, 0.1) is 0 Å². The summed E-state index contributed by atoms with van der Waals surface area (Å²) in [6, 6.07) is 0. The van der Waals surface area contributed by atoms with Crippen molar-refractivity contribution in [3.63, 3.8) is 0 Å². The van der Waals surface area contributed by atoms with E-state index in [9.17, 15) is 0 Å². The van der Waals surface area contributed by atoms with E-state index < -0.39 is 0 Å². The van der Waals surface area contributed by atoms with Crippen LogP contribution in [0.1, 0.15) is 51.4 Å². The SMILES string of the molecule is CN(C)CCCC12CC3CC(CC(C3)C1)C2. The van der Waals surface area contributed by atoms with Gasteiger partial charge in [0.25, 0.3) is 0 Å². The molecule has 0 spiro atoms. The fraction of sp³-hybridized carbons (Fsp3) is 1.00. The van der Waals surface area contributed by atoms with Gasteiger partial charge in [-0.1, -0.05) is 0 Å². The maximum Gasteiger partial charge on any atom is -0.00246 e. The second-order valence-electron chi connectivity index (χ2n) is 7.32. The summed E-state index contributed by atoms with van der Waals surface area (Å²) in [5.41, 5.74) is 0.810. The highest BCUT2D eigenvalue weighted by Gasteiger charge is 2.50. The van der Waals surface area contributed by atoms with Crippen molar-refractivity contribution in [1.82, 2.24) is 4.90 Å². The fourth-order valence-corrected chi connectivity index (χ4v) is 5.37. The third-order valence-corrected chi connectivity index (χ3v) is 5.48. The Kier molecular flexibility index (Phi) is 2.78. The van der Waals surface area contributed by atoms with Gasteiger partial charge in [-0.2, -0.15) is 0 Å². The Balaban J connectivity index is 1.60. The molecule has 4 aliphatic rings. The van der Waals surface area contributed by atoms with Gasteiger partial charge in [-0.15, -0.1) is 0 Å². The molecule has 0 saturated heterocycles. The number of hydrogen-bond donors (Lipinski definition) is 0. The second kappa shape index (κ2) is 4.01.